The molecule has 5 heteroatoms. The van der Waals surface area contributed by atoms with Gasteiger partial charge in [-0.1, -0.05) is 103 Å². The van der Waals surface area contributed by atoms with E-state index < -0.39 is 6.29 Å². The molecule has 0 rings (SSSR count). The van der Waals surface area contributed by atoms with Crippen LogP contribution in [0.25, 0.3) is 0 Å². The maximum Gasteiger partial charge on any atom is 0.152 e. The zero-order valence-corrected chi connectivity index (χ0v) is 20.1. The van der Waals surface area contributed by atoms with Gasteiger partial charge in [0.2, 0.25) is 0 Å². The molecular formula is C25H54N2O3. The summed E-state index contributed by atoms with van der Waals surface area (Å²) in [5, 5.41) is 28.2. The van der Waals surface area contributed by atoms with Crippen LogP contribution in [-0.2, 0) is 0 Å². The first-order valence-electron chi connectivity index (χ1n) is 13.1. The molecule has 1 atom stereocenters. The molecule has 5 N–H and O–H groups in total. The van der Waals surface area contributed by atoms with Gasteiger partial charge in [0.25, 0.3) is 0 Å². The zero-order valence-electron chi connectivity index (χ0n) is 20.1. The second-order valence-electron chi connectivity index (χ2n) is 9.01. The molecule has 0 aliphatic rings. The Morgan fingerprint density at radius 2 is 1.13 bits per heavy atom. The molecule has 0 fully saturated rings. The van der Waals surface area contributed by atoms with E-state index in [1.54, 1.807) is 0 Å². The molecule has 0 radical (unpaired) electrons. The lowest BCUT2D eigenvalue weighted by atomic mass is 10.0. The molecule has 0 aromatic carbocycles. The number of rotatable bonds is 24. The third-order valence-corrected chi connectivity index (χ3v) is 6.18. The number of nitrogens with two attached hydrogens (primary N) is 1. The van der Waals surface area contributed by atoms with Gasteiger partial charge in [-0.15, -0.1) is 0 Å². The maximum atomic E-state index is 9.43. The third-order valence-electron chi connectivity index (χ3n) is 6.18. The Kier molecular flexibility index (Phi) is 23.3. The molecule has 5 nitrogen and oxygen atoms in total. The van der Waals surface area contributed by atoms with Gasteiger partial charge in [0, 0.05) is 19.0 Å². The second-order valence-corrected chi connectivity index (χ2v) is 9.01. The average molecular weight is 431 g/mol. The van der Waals surface area contributed by atoms with Crippen LogP contribution in [0.3, 0.4) is 0 Å². The minimum Gasteiger partial charge on any atom is -0.395 e. The van der Waals surface area contributed by atoms with Crippen LogP contribution >= 0.6 is 0 Å². The first kappa shape index (κ1) is 29.8. The number of aliphatic hydroxyl groups excluding tert-OH is 2. The highest BCUT2D eigenvalue weighted by Crippen LogP contribution is 2.18. The van der Waals surface area contributed by atoms with Gasteiger partial charge < -0.3 is 21.1 Å². The molecule has 0 bridgehead atoms. The van der Waals surface area contributed by atoms with Crippen molar-refractivity contribution in [2.45, 2.75) is 135 Å². The quantitative estimate of drug-likeness (QED) is 0.128. The minimum absolute atomic E-state index is 0.0987. The molecule has 0 aliphatic heterocycles. The molecule has 1 unspecified atom stereocenters. The van der Waals surface area contributed by atoms with Gasteiger partial charge >= 0.3 is 0 Å². The summed E-state index contributed by atoms with van der Waals surface area (Å²) >= 11 is 0. The van der Waals surface area contributed by atoms with Gasteiger partial charge in [0.1, 0.15) is 0 Å². The van der Waals surface area contributed by atoms with E-state index in [0.29, 0.717) is 19.5 Å². The van der Waals surface area contributed by atoms with E-state index in [1.165, 1.54) is 89.9 Å². The van der Waals surface area contributed by atoms with E-state index in [-0.39, 0.29) is 12.6 Å². The Morgan fingerprint density at radius 3 is 1.53 bits per heavy atom. The van der Waals surface area contributed by atoms with Crippen molar-refractivity contribution >= 4 is 0 Å². The van der Waals surface area contributed by atoms with Gasteiger partial charge in [-0.05, 0) is 25.9 Å². The highest BCUT2D eigenvalue weighted by atomic mass is 16.5. The van der Waals surface area contributed by atoms with Crippen LogP contribution in [0.5, 0.6) is 0 Å². The monoisotopic (exact) mass is 430 g/mol. The Labute approximate surface area is 187 Å². The van der Waals surface area contributed by atoms with Crippen molar-refractivity contribution in [1.82, 2.24) is 4.90 Å². The number of hydrogen-bond donors (Lipinski definition) is 4. The summed E-state index contributed by atoms with van der Waals surface area (Å²) in [7, 11) is 0. The van der Waals surface area contributed by atoms with E-state index in [1.807, 2.05) is 0 Å². The highest BCUT2D eigenvalue weighted by molar-refractivity contribution is 4.73. The van der Waals surface area contributed by atoms with Crippen LogP contribution in [0.2, 0.25) is 0 Å². The molecule has 0 saturated heterocycles. The Balaban J connectivity index is 3.69. The molecular weight excluding hydrogens is 376 g/mol. The predicted octanol–water partition coefficient (Wildman–Crippen LogP) is 4.96. The lowest BCUT2D eigenvalue weighted by Crippen LogP contribution is -2.40. The van der Waals surface area contributed by atoms with Crippen molar-refractivity contribution in [1.29, 1.82) is 0 Å². The maximum absolute atomic E-state index is 9.43. The zero-order chi connectivity index (χ0) is 22.3. The number of nitrogens with zero attached hydrogens (tertiary/aromatic N) is 1. The van der Waals surface area contributed by atoms with Crippen LogP contribution in [0.15, 0.2) is 0 Å². The summed E-state index contributed by atoms with van der Waals surface area (Å²) < 4.78 is 0. The van der Waals surface area contributed by atoms with Gasteiger partial charge in [0.15, 0.2) is 6.29 Å². The standard InChI is InChI=1S/C25H54N2O3/c1-2-3-4-5-6-7-8-9-10-11-12-13-14-15-16-18-24(23-25(29)30)27(21-22-28)20-17-19-26/h24-25,28-30H,2-23,26H2,1H3. The third kappa shape index (κ3) is 19.7. The lowest BCUT2D eigenvalue weighted by molar-refractivity contribution is -0.0643. The first-order chi connectivity index (χ1) is 14.7. The Hall–Kier alpha value is -0.200. The molecule has 182 valence electrons. The van der Waals surface area contributed by atoms with Crippen LogP contribution in [0.1, 0.15) is 122 Å². The lowest BCUT2D eigenvalue weighted by Gasteiger charge is -2.32. The van der Waals surface area contributed by atoms with Gasteiger partial charge in [-0.2, -0.15) is 0 Å². The van der Waals surface area contributed by atoms with Crippen molar-refractivity contribution in [3.8, 4) is 0 Å². The summed E-state index contributed by atoms with van der Waals surface area (Å²) in [5.41, 5.74) is 5.62. The number of unbranched alkanes of at least 4 members (excludes halogenated alkanes) is 14. The summed E-state index contributed by atoms with van der Waals surface area (Å²) in [6, 6.07) is 0.116. The van der Waals surface area contributed by atoms with E-state index >= 15 is 0 Å². The van der Waals surface area contributed by atoms with E-state index in [4.69, 9.17) is 5.73 Å². The molecule has 0 saturated carbocycles. The summed E-state index contributed by atoms with van der Waals surface area (Å²) in [4.78, 5) is 2.18. The topological polar surface area (TPSA) is 90.0 Å². The Bertz CT molecular complexity index is 330. The summed E-state index contributed by atoms with van der Waals surface area (Å²) in [6.07, 6.45) is 21.2. The second kappa shape index (κ2) is 23.5. The molecule has 0 aromatic rings. The van der Waals surface area contributed by atoms with Crippen molar-refractivity contribution < 1.29 is 15.3 Å². The SMILES string of the molecule is CCCCCCCCCCCCCCCCCC(CC(O)O)N(CCO)CCCN. The molecule has 0 spiro atoms. The molecule has 0 amide bonds. The normalized spacial score (nSPS) is 12.9. The smallest absolute Gasteiger partial charge is 0.152 e. The van der Waals surface area contributed by atoms with E-state index in [2.05, 4.69) is 11.8 Å². The van der Waals surface area contributed by atoms with E-state index in [0.717, 1.165) is 25.8 Å². The van der Waals surface area contributed by atoms with Crippen LogP contribution in [-0.4, -0.2) is 58.8 Å². The van der Waals surface area contributed by atoms with Gasteiger partial charge in [0.05, 0.1) is 6.61 Å². The van der Waals surface area contributed by atoms with Crippen molar-refractivity contribution in [3.63, 3.8) is 0 Å². The van der Waals surface area contributed by atoms with Crippen molar-refractivity contribution in [2.75, 3.05) is 26.2 Å². The van der Waals surface area contributed by atoms with E-state index in [9.17, 15) is 15.3 Å². The molecule has 0 aliphatic carbocycles. The minimum atomic E-state index is -1.29. The largest absolute Gasteiger partial charge is 0.395 e. The van der Waals surface area contributed by atoms with Crippen LogP contribution in [0, 0.1) is 0 Å². The average Bonchev–Trinajstić information content (AvgIpc) is 2.72. The van der Waals surface area contributed by atoms with Gasteiger partial charge in [-0.25, -0.2) is 0 Å². The summed E-state index contributed by atoms with van der Waals surface area (Å²) in [5.74, 6) is 0. The van der Waals surface area contributed by atoms with Gasteiger partial charge in [-0.3, -0.25) is 4.90 Å². The number of hydrogen-bond acceptors (Lipinski definition) is 5. The Morgan fingerprint density at radius 1 is 0.667 bits per heavy atom. The predicted molar refractivity (Wildman–Crippen MR) is 129 cm³/mol. The van der Waals surface area contributed by atoms with Crippen molar-refractivity contribution in [3.05, 3.63) is 0 Å². The van der Waals surface area contributed by atoms with Crippen molar-refractivity contribution in [2.24, 2.45) is 5.73 Å². The fourth-order valence-corrected chi connectivity index (χ4v) is 4.34. The fourth-order valence-electron chi connectivity index (χ4n) is 4.34. The van der Waals surface area contributed by atoms with Crippen LogP contribution < -0.4 is 5.73 Å². The number of aliphatic hydroxyl groups is 3. The van der Waals surface area contributed by atoms with Crippen LogP contribution in [0.4, 0.5) is 0 Å². The molecule has 30 heavy (non-hydrogen) atoms. The first-order valence-corrected chi connectivity index (χ1v) is 13.1. The molecule has 0 heterocycles. The fraction of sp³-hybridized carbons (Fsp3) is 1.00. The molecule has 0 aromatic heterocycles. The highest BCUT2D eigenvalue weighted by Gasteiger charge is 2.20. The summed E-state index contributed by atoms with van der Waals surface area (Å²) in [6.45, 7) is 4.39.